The second-order valence-corrected chi connectivity index (χ2v) is 9.62. The summed E-state index contributed by atoms with van der Waals surface area (Å²) in [5.74, 6) is -2.41. The smallest absolute Gasteiger partial charge is 0.319 e. The molecule has 1 aliphatic rings. The molecule has 1 aliphatic heterocycles. The first kappa shape index (κ1) is 28.2. The third-order valence-corrected chi connectivity index (χ3v) is 6.90. The number of amides is 1. The molecule has 12 heteroatoms. The highest BCUT2D eigenvalue weighted by Gasteiger charge is 2.33. The summed E-state index contributed by atoms with van der Waals surface area (Å²) in [6.45, 7) is 0.0126. The molecule has 5 nitrogen and oxygen atoms in total. The molecule has 3 rings (SSSR count). The van der Waals surface area contributed by atoms with Crippen molar-refractivity contribution in [3.05, 3.63) is 58.4 Å². The summed E-state index contributed by atoms with van der Waals surface area (Å²) in [6.07, 6.45) is -5.99. The molecule has 0 unspecified atom stereocenters. The Bertz CT molecular complexity index is 1080. The van der Waals surface area contributed by atoms with Crippen LogP contribution in [0.3, 0.4) is 0 Å². The summed E-state index contributed by atoms with van der Waals surface area (Å²) < 4.78 is 64.4. The van der Waals surface area contributed by atoms with Gasteiger partial charge in [0.25, 0.3) is 0 Å². The van der Waals surface area contributed by atoms with Crippen LogP contribution >= 0.6 is 24.0 Å². The number of anilines is 1. The maximum atomic E-state index is 14.7. The Morgan fingerprint density at radius 2 is 1.82 bits per heavy atom. The minimum absolute atomic E-state index is 0. The maximum absolute atomic E-state index is 14.7. The number of halogens is 6. The van der Waals surface area contributed by atoms with Gasteiger partial charge in [0.1, 0.15) is 5.82 Å². The van der Waals surface area contributed by atoms with Gasteiger partial charge in [-0.05, 0) is 42.7 Å². The Kier molecular flexibility index (Phi) is 9.64. The fraction of sp³-hybridized carbons (Fsp3) is 0.364. The molecule has 0 saturated heterocycles. The van der Waals surface area contributed by atoms with Crippen molar-refractivity contribution in [3.63, 3.8) is 0 Å². The highest BCUT2D eigenvalue weighted by atomic mass is 35.5. The van der Waals surface area contributed by atoms with Crippen LogP contribution in [0, 0.1) is 5.82 Å². The van der Waals surface area contributed by atoms with Gasteiger partial charge in [-0.1, -0.05) is 23.7 Å². The van der Waals surface area contributed by atoms with Crippen molar-refractivity contribution in [1.82, 2.24) is 0 Å². The Morgan fingerprint density at radius 1 is 1.18 bits per heavy atom. The molecule has 2 aromatic carbocycles. The molecule has 0 spiro atoms. The summed E-state index contributed by atoms with van der Waals surface area (Å²) in [6, 6.07) is 7.58. The standard InChI is InChI=1S/C22H21ClF4N2O3S.ClH/c23-14-6-4-13(5-7-14)11-29-18-9-15(19(30)3-1-2-8-22(25,26)27)16(24)10-20(18)33(32)12-17(28)21(29)31;/h4-7,9-10,17H,1-3,8,11-12,28H2;1H/t17-,33-;/m0./s1. The summed E-state index contributed by atoms with van der Waals surface area (Å²) in [5, 5.41) is 0.486. The number of nitrogens with two attached hydrogens (primary N) is 1. The quantitative estimate of drug-likeness (QED) is 0.298. The van der Waals surface area contributed by atoms with Crippen molar-refractivity contribution >= 4 is 52.2 Å². The van der Waals surface area contributed by atoms with E-state index in [2.05, 4.69) is 0 Å². The first-order valence-electron chi connectivity index (χ1n) is 10.1. The van der Waals surface area contributed by atoms with Gasteiger partial charge in [0.2, 0.25) is 5.91 Å². The van der Waals surface area contributed by atoms with E-state index in [0.717, 1.165) is 12.1 Å². The van der Waals surface area contributed by atoms with E-state index in [4.69, 9.17) is 17.3 Å². The summed E-state index contributed by atoms with van der Waals surface area (Å²) >= 11 is 5.90. The van der Waals surface area contributed by atoms with E-state index in [-0.39, 0.29) is 60.1 Å². The molecule has 0 aromatic heterocycles. The first-order chi connectivity index (χ1) is 15.5. The molecule has 0 fully saturated rings. The van der Waals surface area contributed by atoms with Gasteiger partial charge in [0.15, 0.2) is 5.78 Å². The highest BCUT2D eigenvalue weighted by molar-refractivity contribution is 7.85. The lowest BCUT2D eigenvalue weighted by Gasteiger charge is -2.25. The van der Waals surface area contributed by atoms with Crippen LogP contribution in [0.5, 0.6) is 0 Å². The van der Waals surface area contributed by atoms with Crippen LogP contribution in [0.15, 0.2) is 41.3 Å². The summed E-state index contributed by atoms with van der Waals surface area (Å²) in [7, 11) is -1.80. The Morgan fingerprint density at radius 3 is 2.44 bits per heavy atom. The number of alkyl halides is 3. The number of fused-ring (bicyclic) bond motifs is 1. The lowest BCUT2D eigenvalue weighted by atomic mass is 10.0. The fourth-order valence-electron chi connectivity index (χ4n) is 3.47. The average Bonchev–Trinajstić information content (AvgIpc) is 2.82. The van der Waals surface area contributed by atoms with Crippen molar-refractivity contribution in [2.24, 2.45) is 5.73 Å². The van der Waals surface area contributed by atoms with Gasteiger partial charge in [0, 0.05) is 17.9 Å². The third-order valence-electron chi connectivity index (χ3n) is 5.17. The van der Waals surface area contributed by atoms with Gasteiger partial charge in [0.05, 0.1) is 45.3 Å². The first-order valence-corrected chi connectivity index (χ1v) is 11.8. The van der Waals surface area contributed by atoms with Crippen LogP contribution in [0.1, 0.15) is 41.6 Å². The lowest BCUT2D eigenvalue weighted by molar-refractivity contribution is -0.135. The second-order valence-electron chi connectivity index (χ2n) is 7.71. The molecule has 34 heavy (non-hydrogen) atoms. The van der Waals surface area contributed by atoms with Crippen LogP contribution < -0.4 is 10.6 Å². The molecule has 0 saturated carbocycles. The molecule has 186 valence electrons. The van der Waals surface area contributed by atoms with Crippen molar-refractivity contribution < 1.29 is 31.4 Å². The topological polar surface area (TPSA) is 80.5 Å². The number of hydrogen-bond donors (Lipinski definition) is 1. The Balaban J connectivity index is 0.00000408. The van der Waals surface area contributed by atoms with E-state index in [0.29, 0.717) is 10.6 Å². The number of carbonyl (C=O) groups excluding carboxylic acids is 2. The van der Waals surface area contributed by atoms with Crippen molar-refractivity contribution in [1.29, 1.82) is 0 Å². The van der Waals surface area contributed by atoms with Gasteiger partial charge < -0.3 is 10.6 Å². The lowest BCUT2D eigenvalue weighted by Crippen LogP contribution is -2.44. The van der Waals surface area contributed by atoms with Crippen LogP contribution in [-0.2, 0) is 22.1 Å². The van der Waals surface area contributed by atoms with Crippen LogP contribution in [0.2, 0.25) is 5.02 Å². The number of ketones is 1. The van der Waals surface area contributed by atoms with E-state index < -0.39 is 46.9 Å². The molecule has 2 aromatic rings. The fourth-order valence-corrected chi connectivity index (χ4v) is 4.89. The average molecular weight is 541 g/mol. The summed E-state index contributed by atoms with van der Waals surface area (Å²) in [4.78, 5) is 26.8. The Hall–Kier alpha value is -2.01. The third kappa shape index (κ3) is 7.00. The largest absolute Gasteiger partial charge is 0.389 e. The number of Topliss-reactive ketones (excluding diaryl/α,β-unsaturated/α-hetero) is 1. The van der Waals surface area contributed by atoms with Gasteiger partial charge >= 0.3 is 6.18 Å². The molecule has 2 N–H and O–H groups in total. The zero-order chi connectivity index (χ0) is 24.3. The van der Waals surface area contributed by atoms with Crippen LogP contribution in [-0.4, -0.2) is 33.9 Å². The van der Waals surface area contributed by atoms with Crippen LogP contribution in [0.25, 0.3) is 0 Å². The van der Waals surface area contributed by atoms with Gasteiger partial charge in [-0.3, -0.25) is 13.8 Å². The molecule has 1 amide bonds. The number of hydrogen-bond acceptors (Lipinski definition) is 4. The minimum atomic E-state index is -4.33. The van der Waals surface area contributed by atoms with E-state index in [9.17, 15) is 31.4 Å². The minimum Gasteiger partial charge on any atom is -0.319 e. The molecule has 0 aliphatic carbocycles. The van der Waals surface area contributed by atoms with E-state index in [1.54, 1.807) is 24.3 Å². The molecule has 1 heterocycles. The number of rotatable bonds is 7. The monoisotopic (exact) mass is 540 g/mol. The van der Waals surface area contributed by atoms with E-state index >= 15 is 0 Å². The van der Waals surface area contributed by atoms with E-state index in [1.807, 2.05) is 0 Å². The second kappa shape index (κ2) is 11.6. The Labute approximate surface area is 207 Å². The van der Waals surface area contributed by atoms with Gasteiger partial charge in [-0.25, -0.2) is 4.39 Å². The molecule has 0 radical (unpaired) electrons. The zero-order valence-electron chi connectivity index (χ0n) is 17.7. The van der Waals surface area contributed by atoms with E-state index in [1.165, 1.54) is 4.90 Å². The highest BCUT2D eigenvalue weighted by Crippen LogP contribution is 2.33. The van der Waals surface area contributed by atoms with Crippen molar-refractivity contribution in [2.75, 3.05) is 10.7 Å². The SMILES string of the molecule is Cl.N[C@H]1C[S@](=O)c2cc(F)c(C(=O)CCCCC(F)(F)F)cc2N(Cc2ccc(Cl)cc2)C1=O. The number of nitrogens with zero attached hydrogens (tertiary/aromatic N) is 1. The number of unbranched alkanes of at least 4 members (excludes halogenated alkanes) is 1. The van der Waals surface area contributed by atoms with Crippen LogP contribution in [0.4, 0.5) is 23.2 Å². The maximum Gasteiger partial charge on any atom is 0.389 e. The molecular weight excluding hydrogens is 519 g/mol. The summed E-state index contributed by atoms with van der Waals surface area (Å²) in [5.41, 5.74) is 6.29. The van der Waals surface area contributed by atoms with Gasteiger partial charge in [-0.15, -0.1) is 12.4 Å². The molecule has 0 bridgehead atoms. The number of carbonyl (C=O) groups is 2. The predicted octanol–water partition coefficient (Wildman–Crippen LogP) is 5.19. The zero-order valence-corrected chi connectivity index (χ0v) is 20.1. The van der Waals surface area contributed by atoms with Crippen molar-refractivity contribution in [3.8, 4) is 0 Å². The molecular formula is C22H22Cl2F4N2O3S. The normalized spacial score (nSPS) is 18.2. The number of benzene rings is 2. The molecule has 2 atom stereocenters. The van der Waals surface area contributed by atoms with Gasteiger partial charge in [-0.2, -0.15) is 13.2 Å². The van der Waals surface area contributed by atoms with Crippen molar-refractivity contribution in [2.45, 2.75) is 49.3 Å². The predicted molar refractivity (Wildman–Crippen MR) is 124 cm³/mol.